The minimum absolute atomic E-state index is 0.0719. The van der Waals surface area contributed by atoms with Gasteiger partial charge in [-0.05, 0) is 37.8 Å². The monoisotopic (exact) mass is 435 g/mol. The average molecular weight is 436 g/mol. The van der Waals surface area contributed by atoms with E-state index in [1.54, 1.807) is 30.3 Å². The van der Waals surface area contributed by atoms with Crippen LogP contribution in [-0.4, -0.2) is 44.7 Å². The van der Waals surface area contributed by atoms with E-state index in [1.165, 1.54) is 5.56 Å². The van der Waals surface area contributed by atoms with Crippen molar-refractivity contribution in [1.82, 2.24) is 24.6 Å². The number of amides is 1. The van der Waals surface area contributed by atoms with Gasteiger partial charge in [0.2, 0.25) is 5.91 Å². The first-order chi connectivity index (χ1) is 15.0. The van der Waals surface area contributed by atoms with Crippen molar-refractivity contribution in [3.05, 3.63) is 52.9 Å². The number of likely N-dealkylation sites (N-methyl/N-ethyl adjacent to an activating group) is 1. The van der Waals surface area contributed by atoms with Crippen molar-refractivity contribution < 1.29 is 4.79 Å². The quantitative estimate of drug-likeness (QED) is 0.518. The number of rotatable bonds is 7. The fourth-order valence-corrected chi connectivity index (χ4v) is 5.17. The lowest BCUT2D eigenvalue weighted by Crippen LogP contribution is -2.23. The van der Waals surface area contributed by atoms with Gasteiger partial charge >= 0.3 is 0 Å². The highest BCUT2D eigenvalue weighted by Gasteiger charge is 2.27. The summed E-state index contributed by atoms with van der Waals surface area (Å²) in [6.45, 7) is 6.72. The predicted molar refractivity (Wildman–Crippen MR) is 125 cm³/mol. The highest BCUT2D eigenvalue weighted by atomic mass is 32.1. The molecule has 1 aliphatic carbocycles. The van der Waals surface area contributed by atoms with Crippen LogP contribution in [0.4, 0.5) is 0 Å². The molecule has 0 unspecified atom stereocenters. The molecule has 1 amide bonds. The van der Waals surface area contributed by atoms with Gasteiger partial charge in [-0.3, -0.25) is 14.5 Å². The Morgan fingerprint density at radius 3 is 2.84 bits per heavy atom. The highest BCUT2D eigenvalue weighted by molar-refractivity contribution is 7.15. The van der Waals surface area contributed by atoms with Crippen molar-refractivity contribution in [3.63, 3.8) is 0 Å². The average Bonchev–Trinajstić information content (AvgIpc) is 3.25. The summed E-state index contributed by atoms with van der Waals surface area (Å²) in [5.41, 5.74) is 6.62. The first-order valence-corrected chi connectivity index (χ1v) is 11.7. The number of fused-ring (bicyclic) bond motifs is 3. The molecule has 0 bridgehead atoms. The third-order valence-electron chi connectivity index (χ3n) is 5.56. The standard InChI is InChI=1S/C24H29N5OS/c1-5-8-17-12-11-16(15-25-17)22-18-9-7-10-19-24(23(18)29(27-22)13-6-2)31-20(26-19)14-21(30)28(3)4/h6,11-12,15H,2,5,7-10,13-14H2,1,3-4H3. The molecule has 1 aliphatic rings. The summed E-state index contributed by atoms with van der Waals surface area (Å²) in [5.74, 6) is 0.0719. The normalized spacial score (nSPS) is 12.7. The largest absolute Gasteiger partial charge is 0.348 e. The third kappa shape index (κ3) is 4.32. The van der Waals surface area contributed by atoms with Gasteiger partial charge in [-0.25, -0.2) is 4.98 Å². The van der Waals surface area contributed by atoms with Crippen molar-refractivity contribution in [3.8, 4) is 21.8 Å². The zero-order valence-electron chi connectivity index (χ0n) is 18.5. The fourth-order valence-electron chi connectivity index (χ4n) is 4.00. The van der Waals surface area contributed by atoms with Gasteiger partial charge in [-0.2, -0.15) is 5.10 Å². The van der Waals surface area contributed by atoms with Crippen LogP contribution in [0.3, 0.4) is 0 Å². The van der Waals surface area contributed by atoms with E-state index in [0.29, 0.717) is 13.0 Å². The summed E-state index contributed by atoms with van der Waals surface area (Å²) in [6.07, 6.45) is 9.12. The summed E-state index contributed by atoms with van der Waals surface area (Å²) in [7, 11) is 3.56. The van der Waals surface area contributed by atoms with E-state index in [9.17, 15) is 4.79 Å². The van der Waals surface area contributed by atoms with Crippen LogP contribution in [0.15, 0.2) is 31.0 Å². The Bertz CT molecular complexity index is 1090. The second kappa shape index (κ2) is 9.14. The van der Waals surface area contributed by atoms with Gasteiger partial charge in [0.1, 0.15) is 5.01 Å². The summed E-state index contributed by atoms with van der Waals surface area (Å²) >= 11 is 1.63. The number of aromatic nitrogens is 4. The summed E-state index contributed by atoms with van der Waals surface area (Å²) in [4.78, 5) is 24.5. The molecule has 0 aromatic carbocycles. The molecule has 0 N–H and O–H groups in total. The zero-order valence-corrected chi connectivity index (χ0v) is 19.3. The fraction of sp³-hybridized carbons (Fsp3) is 0.417. The molecule has 0 radical (unpaired) electrons. The van der Waals surface area contributed by atoms with Crippen LogP contribution in [0.25, 0.3) is 21.8 Å². The van der Waals surface area contributed by atoms with Crippen molar-refractivity contribution in [2.75, 3.05) is 14.1 Å². The van der Waals surface area contributed by atoms with Gasteiger partial charge in [-0.15, -0.1) is 17.9 Å². The number of hydrogen-bond donors (Lipinski definition) is 0. The number of carbonyl (C=O) groups excluding carboxylic acids is 1. The van der Waals surface area contributed by atoms with E-state index in [1.807, 2.05) is 17.0 Å². The first kappa shape index (κ1) is 21.4. The smallest absolute Gasteiger partial charge is 0.228 e. The Hall–Kier alpha value is -2.80. The second-order valence-corrected chi connectivity index (χ2v) is 9.22. The Labute approximate surface area is 187 Å². The molecule has 162 valence electrons. The Morgan fingerprint density at radius 2 is 2.16 bits per heavy atom. The minimum Gasteiger partial charge on any atom is -0.348 e. The van der Waals surface area contributed by atoms with Crippen LogP contribution in [0.5, 0.6) is 0 Å². The lowest BCUT2D eigenvalue weighted by molar-refractivity contribution is -0.127. The van der Waals surface area contributed by atoms with Crippen LogP contribution >= 0.6 is 11.3 Å². The molecule has 0 saturated heterocycles. The van der Waals surface area contributed by atoms with Gasteiger partial charge < -0.3 is 4.90 Å². The molecule has 6 nitrogen and oxygen atoms in total. The van der Waals surface area contributed by atoms with E-state index in [0.717, 1.165) is 70.3 Å². The Kier molecular flexibility index (Phi) is 6.32. The maximum atomic E-state index is 12.2. The number of allylic oxidation sites excluding steroid dienone is 1. The van der Waals surface area contributed by atoms with Gasteiger partial charge in [0.05, 0.1) is 34.9 Å². The maximum absolute atomic E-state index is 12.2. The predicted octanol–water partition coefficient (Wildman–Crippen LogP) is 4.33. The van der Waals surface area contributed by atoms with Crippen LogP contribution < -0.4 is 0 Å². The molecule has 0 atom stereocenters. The van der Waals surface area contributed by atoms with E-state index < -0.39 is 0 Å². The zero-order chi connectivity index (χ0) is 22.0. The highest BCUT2D eigenvalue weighted by Crippen LogP contribution is 2.41. The lowest BCUT2D eigenvalue weighted by Gasteiger charge is -2.08. The molecule has 31 heavy (non-hydrogen) atoms. The molecule has 3 aromatic rings. The van der Waals surface area contributed by atoms with Crippen LogP contribution in [-0.2, 0) is 37.0 Å². The molecule has 7 heteroatoms. The van der Waals surface area contributed by atoms with Crippen molar-refractivity contribution in [1.29, 1.82) is 0 Å². The number of pyridine rings is 1. The number of hydrogen-bond acceptors (Lipinski definition) is 5. The second-order valence-electron chi connectivity index (χ2n) is 8.14. The van der Waals surface area contributed by atoms with Gasteiger partial charge in [0, 0.05) is 37.1 Å². The summed E-state index contributed by atoms with van der Waals surface area (Å²) in [6, 6.07) is 4.25. The van der Waals surface area contributed by atoms with Crippen LogP contribution in [0, 0.1) is 0 Å². The molecule has 0 saturated carbocycles. The van der Waals surface area contributed by atoms with Crippen LogP contribution in [0.2, 0.25) is 0 Å². The van der Waals surface area contributed by atoms with E-state index >= 15 is 0 Å². The molecule has 3 aromatic heterocycles. The van der Waals surface area contributed by atoms with E-state index in [-0.39, 0.29) is 5.91 Å². The summed E-state index contributed by atoms with van der Waals surface area (Å²) < 4.78 is 2.04. The van der Waals surface area contributed by atoms with E-state index in [2.05, 4.69) is 30.6 Å². The molecular weight excluding hydrogens is 406 g/mol. The molecular formula is C24H29N5OS. The number of carbonyl (C=O) groups is 1. The SMILES string of the molecule is C=CCn1nc(-c2ccc(CCC)nc2)c2c1-c1sc(CC(=O)N(C)C)nc1CCC2. The number of nitrogens with zero attached hydrogens (tertiary/aromatic N) is 5. The van der Waals surface area contributed by atoms with Crippen molar-refractivity contribution >= 4 is 17.2 Å². The first-order valence-electron chi connectivity index (χ1n) is 10.9. The molecule has 4 rings (SSSR count). The Morgan fingerprint density at radius 1 is 1.32 bits per heavy atom. The van der Waals surface area contributed by atoms with Crippen molar-refractivity contribution in [2.45, 2.75) is 52.0 Å². The number of thiazole rings is 1. The Balaban J connectivity index is 1.79. The lowest BCUT2D eigenvalue weighted by atomic mass is 10.0. The van der Waals surface area contributed by atoms with Gasteiger partial charge in [0.25, 0.3) is 0 Å². The third-order valence-corrected chi connectivity index (χ3v) is 6.66. The molecule has 0 aliphatic heterocycles. The van der Waals surface area contributed by atoms with Crippen molar-refractivity contribution in [2.24, 2.45) is 0 Å². The minimum atomic E-state index is 0.0719. The molecule has 3 heterocycles. The molecule has 0 spiro atoms. The van der Waals surface area contributed by atoms with Gasteiger partial charge in [-0.1, -0.05) is 19.4 Å². The van der Waals surface area contributed by atoms with Gasteiger partial charge in [0.15, 0.2) is 0 Å². The maximum Gasteiger partial charge on any atom is 0.228 e. The molecule has 0 fully saturated rings. The van der Waals surface area contributed by atoms with E-state index in [4.69, 9.17) is 10.1 Å². The topological polar surface area (TPSA) is 63.9 Å². The summed E-state index contributed by atoms with van der Waals surface area (Å²) in [5, 5.41) is 5.85. The van der Waals surface area contributed by atoms with Crippen LogP contribution in [0.1, 0.15) is 41.7 Å². The number of aryl methyl sites for hydroxylation is 2.